The van der Waals surface area contributed by atoms with Crippen LogP contribution in [0.2, 0.25) is 0 Å². The van der Waals surface area contributed by atoms with E-state index in [1.807, 2.05) is 32.0 Å². The van der Waals surface area contributed by atoms with Crippen molar-refractivity contribution in [1.82, 2.24) is 0 Å². The molecule has 0 saturated heterocycles. The maximum absolute atomic E-state index is 11.8. The fraction of sp³-hybridized carbons (Fsp3) is 0.500. The molecule has 0 unspecified atom stereocenters. The summed E-state index contributed by atoms with van der Waals surface area (Å²) in [5.74, 6) is 0.0328. The highest BCUT2D eigenvalue weighted by atomic mass is 35.5. The molecule has 0 aliphatic rings. The Morgan fingerprint density at radius 1 is 1.09 bits per heavy atom. The normalized spacial score (nSPS) is 10.8. The van der Waals surface area contributed by atoms with E-state index >= 15 is 0 Å². The third kappa shape index (κ3) is 7.14. The van der Waals surface area contributed by atoms with E-state index in [1.165, 1.54) is 0 Å². The van der Waals surface area contributed by atoms with Crippen molar-refractivity contribution in [2.75, 3.05) is 6.61 Å². The Bertz CT molecular complexity index is 501. The predicted molar refractivity (Wildman–Crippen MR) is 86.5 cm³/mol. The lowest BCUT2D eigenvalue weighted by molar-refractivity contribution is -0.143. The molecule has 6 heteroatoms. The van der Waals surface area contributed by atoms with Crippen LogP contribution in [-0.4, -0.2) is 23.4 Å². The monoisotopic (exact) mass is 346 g/mol. The number of para-hydroxylation sites is 1. The standard InChI is InChI=1S/C16H20Cl2O4/c1-11(2)12-6-3-4-7-13(12)22-16(20)9-5-8-15(19)21-10-14(17)18/h3-4,6-7,11,14H,5,8-10H2,1-2H3. The Balaban J connectivity index is 2.37. The van der Waals surface area contributed by atoms with Gasteiger partial charge in [0.15, 0.2) is 0 Å². The molecule has 0 saturated carbocycles. The Kier molecular flexibility index (Phi) is 8.28. The molecule has 0 fully saturated rings. The van der Waals surface area contributed by atoms with Crippen molar-refractivity contribution in [3.05, 3.63) is 29.8 Å². The van der Waals surface area contributed by atoms with Crippen LogP contribution in [0.3, 0.4) is 0 Å². The lowest BCUT2D eigenvalue weighted by atomic mass is 10.0. The van der Waals surface area contributed by atoms with E-state index in [4.69, 9.17) is 32.7 Å². The van der Waals surface area contributed by atoms with Crippen molar-refractivity contribution >= 4 is 35.1 Å². The quantitative estimate of drug-likeness (QED) is 0.401. The van der Waals surface area contributed by atoms with Gasteiger partial charge in [-0.15, -0.1) is 23.2 Å². The zero-order valence-corrected chi connectivity index (χ0v) is 14.2. The van der Waals surface area contributed by atoms with Crippen LogP contribution in [0.5, 0.6) is 5.75 Å². The largest absolute Gasteiger partial charge is 0.463 e. The number of hydrogen-bond donors (Lipinski definition) is 0. The molecule has 0 spiro atoms. The Hall–Kier alpha value is -1.26. The molecule has 0 aliphatic heterocycles. The molecular weight excluding hydrogens is 327 g/mol. The average molecular weight is 347 g/mol. The van der Waals surface area contributed by atoms with Gasteiger partial charge in [-0.25, -0.2) is 0 Å². The SMILES string of the molecule is CC(C)c1ccccc1OC(=O)CCCC(=O)OCC(Cl)Cl. The Morgan fingerprint density at radius 2 is 1.73 bits per heavy atom. The van der Waals surface area contributed by atoms with Crippen molar-refractivity contribution in [1.29, 1.82) is 0 Å². The molecule has 0 amide bonds. The first-order valence-corrected chi connectivity index (χ1v) is 8.00. The van der Waals surface area contributed by atoms with E-state index in [0.717, 1.165) is 5.56 Å². The molecule has 0 aliphatic carbocycles. The number of hydrogen-bond acceptors (Lipinski definition) is 4. The van der Waals surface area contributed by atoms with Gasteiger partial charge in [-0.3, -0.25) is 9.59 Å². The van der Waals surface area contributed by atoms with Crippen LogP contribution in [0.1, 0.15) is 44.6 Å². The van der Waals surface area contributed by atoms with E-state index in [9.17, 15) is 9.59 Å². The van der Waals surface area contributed by atoms with Crippen LogP contribution in [-0.2, 0) is 14.3 Å². The number of rotatable bonds is 8. The van der Waals surface area contributed by atoms with Crippen molar-refractivity contribution in [2.45, 2.75) is 43.9 Å². The fourth-order valence-corrected chi connectivity index (χ4v) is 1.96. The van der Waals surface area contributed by atoms with E-state index in [0.29, 0.717) is 12.2 Å². The lowest BCUT2D eigenvalue weighted by Gasteiger charge is -2.12. The zero-order chi connectivity index (χ0) is 16.5. The molecule has 1 aromatic carbocycles. The number of esters is 2. The van der Waals surface area contributed by atoms with Crippen LogP contribution < -0.4 is 4.74 Å². The molecule has 1 aromatic rings. The molecule has 0 aromatic heterocycles. The van der Waals surface area contributed by atoms with Gasteiger partial charge in [-0.2, -0.15) is 0 Å². The minimum Gasteiger partial charge on any atom is -0.463 e. The van der Waals surface area contributed by atoms with Gasteiger partial charge in [0.1, 0.15) is 17.2 Å². The van der Waals surface area contributed by atoms with E-state index < -0.39 is 10.8 Å². The first-order valence-electron chi connectivity index (χ1n) is 7.13. The number of carbonyl (C=O) groups excluding carboxylic acids is 2. The number of alkyl halides is 2. The maximum atomic E-state index is 11.8. The Labute approximate surface area is 140 Å². The van der Waals surface area contributed by atoms with Gasteiger partial charge in [-0.05, 0) is 24.0 Å². The molecule has 122 valence electrons. The third-order valence-electron chi connectivity index (χ3n) is 2.90. The van der Waals surface area contributed by atoms with Crippen LogP contribution in [0.4, 0.5) is 0 Å². The van der Waals surface area contributed by atoms with Crippen molar-refractivity contribution < 1.29 is 19.1 Å². The Morgan fingerprint density at radius 3 is 2.36 bits per heavy atom. The topological polar surface area (TPSA) is 52.6 Å². The summed E-state index contributed by atoms with van der Waals surface area (Å²) < 4.78 is 10.2. The second-order valence-electron chi connectivity index (χ2n) is 5.09. The second-order valence-corrected chi connectivity index (χ2v) is 6.37. The summed E-state index contributed by atoms with van der Waals surface area (Å²) in [4.78, 5) is 22.4. The van der Waals surface area contributed by atoms with Crippen molar-refractivity contribution in [3.63, 3.8) is 0 Å². The van der Waals surface area contributed by atoms with Crippen LogP contribution >= 0.6 is 23.2 Å². The number of carbonyl (C=O) groups is 2. The average Bonchev–Trinajstić information content (AvgIpc) is 2.45. The number of halogens is 2. The lowest BCUT2D eigenvalue weighted by Crippen LogP contribution is -2.13. The summed E-state index contributed by atoms with van der Waals surface area (Å²) in [6, 6.07) is 7.42. The number of ether oxygens (including phenoxy) is 2. The molecule has 0 N–H and O–H groups in total. The van der Waals surface area contributed by atoms with Crippen LogP contribution in [0.15, 0.2) is 24.3 Å². The summed E-state index contributed by atoms with van der Waals surface area (Å²) in [6.45, 7) is 4.02. The molecule has 0 bridgehead atoms. The third-order valence-corrected chi connectivity index (χ3v) is 3.15. The molecule has 0 atom stereocenters. The molecule has 1 rings (SSSR count). The van der Waals surface area contributed by atoms with E-state index in [1.54, 1.807) is 6.07 Å². The minimum atomic E-state index is -0.735. The summed E-state index contributed by atoms with van der Waals surface area (Å²) in [5, 5.41) is 0. The fourth-order valence-electron chi connectivity index (χ4n) is 1.83. The first kappa shape index (κ1) is 18.8. The van der Waals surface area contributed by atoms with Gasteiger partial charge in [0.25, 0.3) is 0 Å². The van der Waals surface area contributed by atoms with E-state index in [2.05, 4.69) is 0 Å². The maximum Gasteiger partial charge on any atom is 0.311 e. The van der Waals surface area contributed by atoms with Crippen LogP contribution in [0.25, 0.3) is 0 Å². The van der Waals surface area contributed by atoms with Gasteiger partial charge in [0.2, 0.25) is 0 Å². The van der Waals surface area contributed by atoms with Gasteiger partial charge >= 0.3 is 11.9 Å². The molecule has 0 radical (unpaired) electrons. The van der Waals surface area contributed by atoms with Crippen molar-refractivity contribution in [2.24, 2.45) is 0 Å². The number of benzene rings is 1. The summed E-state index contributed by atoms with van der Waals surface area (Å²) in [5.41, 5.74) is 0.977. The predicted octanol–water partition coefficient (Wildman–Crippen LogP) is 4.23. The van der Waals surface area contributed by atoms with E-state index in [-0.39, 0.29) is 31.3 Å². The molecule has 4 nitrogen and oxygen atoms in total. The molecule has 0 heterocycles. The summed E-state index contributed by atoms with van der Waals surface area (Å²) >= 11 is 10.9. The second kappa shape index (κ2) is 9.70. The van der Waals surface area contributed by atoms with Gasteiger partial charge in [0, 0.05) is 12.8 Å². The first-order chi connectivity index (χ1) is 10.4. The highest BCUT2D eigenvalue weighted by molar-refractivity contribution is 6.44. The van der Waals surface area contributed by atoms with Gasteiger partial charge < -0.3 is 9.47 Å². The van der Waals surface area contributed by atoms with Crippen molar-refractivity contribution in [3.8, 4) is 5.75 Å². The molecular formula is C16H20Cl2O4. The smallest absolute Gasteiger partial charge is 0.311 e. The van der Waals surface area contributed by atoms with Crippen LogP contribution in [0, 0.1) is 0 Å². The highest BCUT2D eigenvalue weighted by Crippen LogP contribution is 2.26. The van der Waals surface area contributed by atoms with Gasteiger partial charge in [-0.1, -0.05) is 32.0 Å². The molecule has 22 heavy (non-hydrogen) atoms. The van der Waals surface area contributed by atoms with Gasteiger partial charge in [0.05, 0.1) is 0 Å². The highest BCUT2D eigenvalue weighted by Gasteiger charge is 2.12. The summed E-state index contributed by atoms with van der Waals surface area (Å²) in [7, 11) is 0. The minimum absolute atomic E-state index is 0.0475. The zero-order valence-electron chi connectivity index (χ0n) is 12.7. The summed E-state index contributed by atoms with van der Waals surface area (Å²) in [6.07, 6.45) is 0.630.